The van der Waals surface area contributed by atoms with Gasteiger partial charge in [0.2, 0.25) is 0 Å². The molecule has 1 unspecified atom stereocenters. The number of hydrogen-bond acceptors (Lipinski definition) is 3. The van der Waals surface area contributed by atoms with Gasteiger partial charge in [0.15, 0.2) is 0 Å². The first-order valence-electron chi connectivity index (χ1n) is 9.49. The van der Waals surface area contributed by atoms with Crippen LogP contribution in [0.4, 0.5) is 0 Å². The molecule has 2 atom stereocenters. The minimum atomic E-state index is -0.393. The fraction of sp³-hybridized carbons (Fsp3) is 0.700. The van der Waals surface area contributed by atoms with Crippen molar-refractivity contribution in [3.63, 3.8) is 0 Å². The topological polar surface area (TPSA) is 43.1 Å². The SMILES string of the molecule is CCc1ccc(OCCOC[C@H](O)C[NH+](C)C2CCCCC2)cc1. The predicted octanol–water partition coefficient (Wildman–Crippen LogP) is 1.85. The van der Waals surface area contributed by atoms with Gasteiger partial charge in [0.1, 0.15) is 25.0 Å². The summed E-state index contributed by atoms with van der Waals surface area (Å²) in [4.78, 5) is 1.44. The zero-order chi connectivity index (χ0) is 17.2. The molecular weight excluding hydrogens is 302 g/mol. The summed E-state index contributed by atoms with van der Waals surface area (Å²) in [5.41, 5.74) is 1.31. The molecule has 0 bridgehead atoms. The molecule has 0 saturated heterocycles. The van der Waals surface area contributed by atoms with E-state index in [1.54, 1.807) is 0 Å². The van der Waals surface area contributed by atoms with E-state index in [9.17, 15) is 5.11 Å². The van der Waals surface area contributed by atoms with E-state index < -0.39 is 6.10 Å². The van der Waals surface area contributed by atoms with Crippen LogP contribution in [0, 0.1) is 0 Å². The number of rotatable bonds is 10. The van der Waals surface area contributed by atoms with Gasteiger partial charge in [-0.15, -0.1) is 0 Å². The molecule has 0 aliphatic heterocycles. The smallest absolute Gasteiger partial charge is 0.126 e. The van der Waals surface area contributed by atoms with Gasteiger partial charge < -0.3 is 19.5 Å². The largest absolute Gasteiger partial charge is 0.491 e. The monoisotopic (exact) mass is 336 g/mol. The van der Waals surface area contributed by atoms with E-state index in [1.807, 2.05) is 12.1 Å². The Labute approximate surface area is 146 Å². The third-order valence-corrected chi connectivity index (χ3v) is 5.00. The molecule has 4 nitrogen and oxygen atoms in total. The molecule has 2 rings (SSSR count). The molecule has 0 spiro atoms. The van der Waals surface area contributed by atoms with Crippen LogP contribution >= 0.6 is 0 Å². The number of likely N-dealkylation sites (N-methyl/N-ethyl adjacent to an activating group) is 1. The molecule has 136 valence electrons. The number of aliphatic hydroxyl groups is 1. The Morgan fingerprint density at radius 2 is 1.83 bits per heavy atom. The number of aryl methyl sites for hydroxylation is 1. The highest BCUT2D eigenvalue weighted by molar-refractivity contribution is 5.27. The molecule has 4 heteroatoms. The average molecular weight is 336 g/mol. The highest BCUT2D eigenvalue weighted by atomic mass is 16.5. The standard InChI is InChI=1S/C20H33NO3/c1-3-17-9-11-20(12-10-17)24-14-13-23-16-19(22)15-21(2)18-7-5-4-6-8-18/h9-12,18-19,22H,3-8,13-16H2,1-2H3/p+1/t19-/m1/s1. The fourth-order valence-corrected chi connectivity index (χ4v) is 3.45. The molecule has 1 aliphatic carbocycles. The van der Waals surface area contributed by atoms with Crippen LogP contribution in [0.3, 0.4) is 0 Å². The van der Waals surface area contributed by atoms with Gasteiger partial charge in [0.25, 0.3) is 0 Å². The maximum atomic E-state index is 10.1. The maximum absolute atomic E-state index is 10.1. The Bertz CT molecular complexity index is 443. The number of ether oxygens (including phenoxy) is 2. The normalized spacial score (nSPS) is 18.3. The third kappa shape index (κ3) is 6.80. The van der Waals surface area contributed by atoms with Crippen LogP contribution in [-0.4, -0.2) is 50.7 Å². The van der Waals surface area contributed by atoms with Gasteiger partial charge in [-0.1, -0.05) is 25.5 Å². The van der Waals surface area contributed by atoms with Crippen molar-refractivity contribution >= 4 is 0 Å². The Kier molecular flexibility index (Phi) is 8.57. The van der Waals surface area contributed by atoms with Crippen LogP contribution in [0.15, 0.2) is 24.3 Å². The van der Waals surface area contributed by atoms with Gasteiger partial charge in [0.05, 0.1) is 26.3 Å². The van der Waals surface area contributed by atoms with Gasteiger partial charge in [0, 0.05) is 0 Å². The van der Waals surface area contributed by atoms with Crippen LogP contribution in [-0.2, 0) is 11.2 Å². The van der Waals surface area contributed by atoms with Gasteiger partial charge in [-0.05, 0) is 49.8 Å². The van der Waals surface area contributed by atoms with Crippen molar-refractivity contribution in [1.82, 2.24) is 0 Å². The van der Waals surface area contributed by atoms with Crippen LogP contribution < -0.4 is 9.64 Å². The Morgan fingerprint density at radius 3 is 2.50 bits per heavy atom. The van der Waals surface area contributed by atoms with Gasteiger partial charge >= 0.3 is 0 Å². The van der Waals surface area contributed by atoms with Gasteiger partial charge in [-0.25, -0.2) is 0 Å². The fourth-order valence-electron chi connectivity index (χ4n) is 3.45. The van der Waals surface area contributed by atoms with Gasteiger partial charge in [-0.3, -0.25) is 0 Å². The number of hydrogen-bond donors (Lipinski definition) is 2. The minimum Gasteiger partial charge on any atom is -0.491 e. The molecule has 1 aromatic carbocycles. The lowest BCUT2D eigenvalue weighted by atomic mass is 9.94. The van der Waals surface area contributed by atoms with Crippen molar-refractivity contribution in [2.24, 2.45) is 0 Å². The number of quaternary nitrogens is 1. The van der Waals surface area contributed by atoms with Crippen LogP contribution in [0.25, 0.3) is 0 Å². The lowest BCUT2D eigenvalue weighted by molar-refractivity contribution is -0.910. The maximum Gasteiger partial charge on any atom is 0.126 e. The first kappa shape index (κ1) is 19.2. The highest BCUT2D eigenvalue weighted by Crippen LogP contribution is 2.15. The van der Waals surface area contributed by atoms with Crippen molar-refractivity contribution in [1.29, 1.82) is 0 Å². The Morgan fingerprint density at radius 1 is 1.12 bits per heavy atom. The molecule has 1 fully saturated rings. The number of benzene rings is 1. The molecular formula is C20H34NO3+. The second-order valence-corrected chi connectivity index (χ2v) is 6.96. The molecule has 1 aromatic rings. The first-order chi connectivity index (χ1) is 11.7. The minimum absolute atomic E-state index is 0.391. The molecule has 0 amide bonds. The van der Waals surface area contributed by atoms with Crippen LogP contribution in [0.5, 0.6) is 5.75 Å². The molecule has 0 radical (unpaired) electrons. The van der Waals surface area contributed by atoms with E-state index >= 15 is 0 Å². The van der Waals surface area contributed by atoms with E-state index in [-0.39, 0.29) is 0 Å². The second-order valence-electron chi connectivity index (χ2n) is 6.96. The van der Waals surface area contributed by atoms with Crippen molar-refractivity contribution < 1.29 is 19.5 Å². The van der Waals surface area contributed by atoms with Crippen LogP contribution in [0.1, 0.15) is 44.6 Å². The summed E-state index contributed by atoms with van der Waals surface area (Å²) in [5.74, 6) is 0.873. The lowest BCUT2D eigenvalue weighted by Crippen LogP contribution is -3.14. The zero-order valence-corrected chi connectivity index (χ0v) is 15.3. The molecule has 1 saturated carbocycles. The van der Waals surface area contributed by atoms with Crippen molar-refractivity contribution in [3.05, 3.63) is 29.8 Å². The van der Waals surface area contributed by atoms with E-state index in [4.69, 9.17) is 9.47 Å². The highest BCUT2D eigenvalue weighted by Gasteiger charge is 2.23. The third-order valence-electron chi connectivity index (χ3n) is 5.00. The summed E-state index contributed by atoms with van der Waals surface area (Å²) < 4.78 is 11.2. The van der Waals surface area contributed by atoms with E-state index in [2.05, 4.69) is 26.1 Å². The summed E-state index contributed by atoms with van der Waals surface area (Å²) in [5, 5.41) is 10.1. The summed E-state index contributed by atoms with van der Waals surface area (Å²) in [7, 11) is 2.20. The average Bonchev–Trinajstić information content (AvgIpc) is 2.62. The Balaban J connectivity index is 1.54. The first-order valence-corrected chi connectivity index (χ1v) is 9.49. The van der Waals surface area contributed by atoms with Crippen molar-refractivity contribution in [2.75, 3.05) is 33.4 Å². The summed E-state index contributed by atoms with van der Waals surface area (Å²) >= 11 is 0. The second kappa shape index (κ2) is 10.7. The van der Waals surface area contributed by atoms with E-state index in [1.165, 1.54) is 42.6 Å². The summed E-state index contributed by atoms with van der Waals surface area (Å²) in [6, 6.07) is 8.88. The summed E-state index contributed by atoms with van der Waals surface area (Å²) in [6.07, 6.45) is 7.29. The quantitative estimate of drug-likeness (QED) is 0.641. The van der Waals surface area contributed by atoms with Crippen molar-refractivity contribution in [3.8, 4) is 5.75 Å². The molecule has 2 N–H and O–H groups in total. The van der Waals surface area contributed by atoms with E-state index in [0.29, 0.717) is 25.9 Å². The number of nitrogens with one attached hydrogen (secondary N) is 1. The van der Waals surface area contributed by atoms with E-state index in [0.717, 1.165) is 18.7 Å². The predicted molar refractivity (Wildman–Crippen MR) is 96.8 cm³/mol. The summed E-state index contributed by atoms with van der Waals surface area (Å²) in [6.45, 7) is 4.33. The lowest BCUT2D eigenvalue weighted by Gasteiger charge is -2.29. The zero-order valence-electron chi connectivity index (χ0n) is 15.3. The molecule has 24 heavy (non-hydrogen) atoms. The molecule has 0 heterocycles. The van der Waals surface area contributed by atoms with Gasteiger partial charge in [-0.2, -0.15) is 0 Å². The molecule has 1 aliphatic rings. The Hall–Kier alpha value is -1.10. The van der Waals surface area contributed by atoms with Crippen molar-refractivity contribution in [2.45, 2.75) is 57.6 Å². The molecule has 0 aromatic heterocycles. The van der Waals surface area contributed by atoms with Crippen LogP contribution in [0.2, 0.25) is 0 Å². The number of aliphatic hydroxyl groups excluding tert-OH is 1.